The molecule has 5 rings (SSSR count). The van der Waals surface area contributed by atoms with Gasteiger partial charge in [-0.1, -0.05) is 12.1 Å². The molecule has 25 heavy (non-hydrogen) atoms. The molecule has 4 aliphatic rings. The number of methoxy groups -OCH3 is 1. The van der Waals surface area contributed by atoms with Crippen molar-refractivity contribution in [2.45, 2.75) is 56.0 Å². The van der Waals surface area contributed by atoms with Gasteiger partial charge in [0.2, 0.25) is 0 Å². The predicted molar refractivity (Wildman–Crippen MR) is 90.9 cm³/mol. The van der Waals surface area contributed by atoms with Gasteiger partial charge in [0.25, 0.3) is 0 Å². The van der Waals surface area contributed by atoms with Crippen LogP contribution in [0.25, 0.3) is 0 Å². The van der Waals surface area contributed by atoms with Crippen LogP contribution in [-0.4, -0.2) is 38.3 Å². The molecule has 0 N–H and O–H groups in total. The second-order valence-corrected chi connectivity index (χ2v) is 7.69. The standard InChI is InChI=1S/C20H26O5/c1-21-16-6-2-4-14-17-15(5-3-11-22-17)19(25-18(14)16)7-9-20(10-8-19)23-12-13-24-20/h2,4,6,15,17H,3,5,7-13H2,1H3/t15-,17+/m0/s1. The van der Waals surface area contributed by atoms with E-state index in [1.165, 1.54) is 0 Å². The number of ether oxygens (including phenoxy) is 5. The lowest BCUT2D eigenvalue weighted by atomic mass is 9.66. The molecule has 2 atom stereocenters. The molecule has 1 aliphatic carbocycles. The second-order valence-electron chi connectivity index (χ2n) is 7.69. The number of benzene rings is 1. The SMILES string of the molecule is COc1cccc2c1OC1(CCC3(CC1)OCCO3)[C@H]1CCCO[C@H]21. The highest BCUT2D eigenvalue weighted by molar-refractivity contribution is 5.50. The van der Waals surface area contributed by atoms with E-state index in [0.29, 0.717) is 19.1 Å². The Hall–Kier alpha value is -1.30. The number of hydrogen-bond acceptors (Lipinski definition) is 5. The average Bonchev–Trinajstić information content (AvgIpc) is 3.13. The Morgan fingerprint density at radius 2 is 1.84 bits per heavy atom. The summed E-state index contributed by atoms with van der Waals surface area (Å²) in [6.07, 6.45) is 6.01. The van der Waals surface area contributed by atoms with Crippen LogP contribution in [0.5, 0.6) is 11.5 Å². The van der Waals surface area contributed by atoms with Gasteiger partial charge < -0.3 is 23.7 Å². The van der Waals surface area contributed by atoms with E-state index in [1.807, 2.05) is 12.1 Å². The van der Waals surface area contributed by atoms with Gasteiger partial charge in [0, 0.05) is 30.9 Å². The summed E-state index contributed by atoms with van der Waals surface area (Å²) in [4.78, 5) is 0. The second kappa shape index (κ2) is 5.86. The van der Waals surface area contributed by atoms with E-state index >= 15 is 0 Å². The van der Waals surface area contributed by atoms with Gasteiger partial charge in [-0.3, -0.25) is 0 Å². The van der Waals surface area contributed by atoms with Crippen molar-refractivity contribution in [2.24, 2.45) is 5.92 Å². The zero-order chi connectivity index (χ0) is 16.9. The highest BCUT2D eigenvalue weighted by Gasteiger charge is 2.56. The minimum atomic E-state index is -0.374. The molecule has 0 unspecified atom stereocenters. The first-order valence-corrected chi connectivity index (χ1v) is 9.51. The lowest BCUT2D eigenvalue weighted by molar-refractivity contribution is -0.222. The first kappa shape index (κ1) is 15.9. The molecule has 5 heteroatoms. The zero-order valence-corrected chi connectivity index (χ0v) is 14.8. The van der Waals surface area contributed by atoms with Gasteiger partial charge >= 0.3 is 0 Å². The molecular weight excluding hydrogens is 320 g/mol. The monoisotopic (exact) mass is 346 g/mol. The van der Waals surface area contributed by atoms with Crippen LogP contribution in [0.3, 0.4) is 0 Å². The largest absolute Gasteiger partial charge is 0.493 e. The quantitative estimate of drug-likeness (QED) is 0.777. The van der Waals surface area contributed by atoms with Gasteiger partial charge in [0.05, 0.1) is 26.4 Å². The Bertz CT molecular complexity index is 641. The summed E-state index contributed by atoms with van der Waals surface area (Å²) >= 11 is 0. The van der Waals surface area contributed by atoms with Crippen molar-refractivity contribution < 1.29 is 23.7 Å². The topological polar surface area (TPSA) is 46.2 Å². The Labute approximate surface area is 148 Å². The van der Waals surface area contributed by atoms with Gasteiger partial charge in [-0.25, -0.2) is 0 Å². The van der Waals surface area contributed by atoms with E-state index in [0.717, 1.165) is 62.2 Å². The minimum Gasteiger partial charge on any atom is -0.493 e. The smallest absolute Gasteiger partial charge is 0.168 e. The lowest BCUT2D eigenvalue weighted by Gasteiger charge is -2.54. The summed E-state index contributed by atoms with van der Waals surface area (Å²) in [7, 11) is 1.70. The van der Waals surface area contributed by atoms with E-state index in [-0.39, 0.29) is 17.5 Å². The molecule has 136 valence electrons. The highest BCUT2D eigenvalue weighted by Crippen LogP contribution is 2.57. The van der Waals surface area contributed by atoms with Gasteiger partial charge in [0.15, 0.2) is 17.3 Å². The number of hydrogen-bond donors (Lipinski definition) is 0. The van der Waals surface area contributed by atoms with E-state index in [4.69, 9.17) is 23.7 Å². The number of rotatable bonds is 1. The molecule has 3 heterocycles. The van der Waals surface area contributed by atoms with E-state index in [9.17, 15) is 0 Å². The van der Waals surface area contributed by atoms with Crippen LogP contribution in [0.2, 0.25) is 0 Å². The van der Waals surface area contributed by atoms with Crippen LogP contribution < -0.4 is 9.47 Å². The molecule has 3 fully saturated rings. The molecular formula is C20H26O5. The summed E-state index contributed by atoms with van der Waals surface area (Å²) in [5, 5.41) is 0. The molecule has 0 bridgehead atoms. The van der Waals surface area contributed by atoms with Crippen molar-refractivity contribution in [1.82, 2.24) is 0 Å². The van der Waals surface area contributed by atoms with E-state index in [2.05, 4.69) is 6.07 Å². The Kier molecular flexibility index (Phi) is 3.73. The van der Waals surface area contributed by atoms with Crippen LogP contribution in [-0.2, 0) is 14.2 Å². The van der Waals surface area contributed by atoms with Gasteiger partial charge in [0.1, 0.15) is 5.60 Å². The third-order valence-electron chi connectivity index (χ3n) is 6.51. The van der Waals surface area contributed by atoms with Crippen molar-refractivity contribution in [3.05, 3.63) is 23.8 Å². The van der Waals surface area contributed by atoms with Crippen molar-refractivity contribution in [3.63, 3.8) is 0 Å². The maximum atomic E-state index is 6.74. The van der Waals surface area contributed by atoms with E-state index < -0.39 is 0 Å². The molecule has 0 amide bonds. The minimum absolute atomic E-state index is 0.104. The predicted octanol–water partition coefficient (Wildman–Crippen LogP) is 3.61. The van der Waals surface area contributed by atoms with Gasteiger partial charge in [-0.15, -0.1) is 0 Å². The van der Waals surface area contributed by atoms with Gasteiger partial charge in [-0.2, -0.15) is 0 Å². The van der Waals surface area contributed by atoms with Gasteiger partial charge in [-0.05, 0) is 31.7 Å². The molecule has 1 aromatic rings. The number of fused-ring (bicyclic) bond motifs is 4. The molecule has 0 radical (unpaired) electrons. The maximum absolute atomic E-state index is 6.74. The number of para-hydroxylation sites is 1. The molecule has 3 aliphatic heterocycles. The summed E-state index contributed by atoms with van der Waals surface area (Å²) in [5.41, 5.74) is 0.941. The molecule has 1 aromatic carbocycles. The average molecular weight is 346 g/mol. The van der Waals surface area contributed by atoms with Crippen molar-refractivity contribution >= 4 is 0 Å². The first-order chi connectivity index (χ1) is 12.3. The Morgan fingerprint density at radius 1 is 1.04 bits per heavy atom. The summed E-state index contributed by atoms with van der Waals surface area (Å²) in [5.74, 6) is 1.69. The van der Waals surface area contributed by atoms with Crippen molar-refractivity contribution in [3.8, 4) is 11.5 Å². The molecule has 1 saturated carbocycles. The zero-order valence-electron chi connectivity index (χ0n) is 14.8. The highest BCUT2D eigenvalue weighted by atomic mass is 16.7. The van der Waals surface area contributed by atoms with Crippen molar-refractivity contribution in [1.29, 1.82) is 0 Å². The fraction of sp³-hybridized carbons (Fsp3) is 0.700. The molecule has 2 saturated heterocycles. The van der Waals surface area contributed by atoms with E-state index in [1.54, 1.807) is 7.11 Å². The molecule has 5 nitrogen and oxygen atoms in total. The summed E-state index contributed by atoms with van der Waals surface area (Å²) in [6.45, 7) is 2.24. The fourth-order valence-corrected chi connectivity index (χ4v) is 5.24. The maximum Gasteiger partial charge on any atom is 0.168 e. The van der Waals surface area contributed by atoms with Crippen LogP contribution >= 0.6 is 0 Å². The fourth-order valence-electron chi connectivity index (χ4n) is 5.24. The summed E-state index contributed by atoms with van der Waals surface area (Å²) < 4.78 is 30.4. The van der Waals surface area contributed by atoms with Crippen molar-refractivity contribution in [2.75, 3.05) is 26.9 Å². The Balaban J connectivity index is 1.51. The van der Waals surface area contributed by atoms with Crippen LogP contribution in [0.15, 0.2) is 18.2 Å². The third kappa shape index (κ3) is 2.40. The molecule has 0 aromatic heterocycles. The first-order valence-electron chi connectivity index (χ1n) is 9.51. The Morgan fingerprint density at radius 3 is 2.60 bits per heavy atom. The normalized spacial score (nSPS) is 32.0. The summed E-state index contributed by atoms with van der Waals surface area (Å²) in [6, 6.07) is 6.13. The van der Waals surface area contributed by atoms with Crippen LogP contribution in [0.1, 0.15) is 50.2 Å². The lowest BCUT2D eigenvalue weighted by Crippen LogP contribution is -2.56. The van der Waals surface area contributed by atoms with Crippen LogP contribution in [0, 0.1) is 5.92 Å². The third-order valence-corrected chi connectivity index (χ3v) is 6.51. The molecule has 2 spiro atoms. The van der Waals surface area contributed by atoms with Crippen LogP contribution in [0.4, 0.5) is 0 Å².